The molecule has 1 aliphatic rings. The van der Waals surface area contributed by atoms with Crippen LogP contribution in [0.1, 0.15) is 37.5 Å². The first kappa shape index (κ1) is 12.4. The Labute approximate surface area is 97.5 Å². The molecule has 1 N–H and O–H groups in total. The summed E-state index contributed by atoms with van der Waals surface area (Å²) in [6.07, 6.45) is -2.59. The quantitative estimate of drug-likeness (QED) is 0.868. The topological polar surface area (TPSA) is 33.1 Å². The van der Waals surface area contributed by atoms with E-state index in [4.69, 9.17) is 0 Å². The average molecular weight is 245 g/mol. The van der Waals surface area contributed by atoms with Crippen molar-refractivity contribution in [2.24, 2.45) is 11.3 Å². The van der Waals surface area contributed by atoms with Gasteiger partial charge in [-0.05, 0) is 23.8 Å². The second kappa shape index (κ2) is 3.70. The van der Waals surface area contributed by atoms with Gasteiger partial charge in [0.15, 0.2) is 0 Å². The van der Waals surface area contributed by atoms with E-state index >= 15 is 0 Å². The fourth-order valence-corrected chi connectivity index (χ4v) is 2.16. The van der Waals surface area contributed by atoms with E-state index in [1.807, 2.05) is 13.8 Å². The van der Waals surface area contributed by atoms with Crippen molar-refractivity contribution < 1.29 is 18.3 Å². The van der Waals surface area contributed by atoms with Gasteiger partial charge in [-0.1, -0.05) is 13.8 Å². The lowest BCUT2D eigenvalue weighted by Gasteiger charge is -2.18. The van der Waals surface area contributed by atoms with Gasteiger partial charge in [-0.25, -0.2) is 0 Å². The van der Waals surface area contributed by atoms with Gasteiger partial charge in [0, 0.05) is 18.0 Å². The summed E-state index contributed by atoms with van der Waals surface area (Å²) in [5.74, 6) is -0.118. The second-order valence-corrected chi connectivity index (χ2v) is 5.20. The lowest BCUT2D eigenvalue weighted by molar-refractivity contribution is -0.139. The maximum atomic E-state index is 12.7. The van der Waals surface area contributed by atoms with Gasteiger partial charge in [0.2, 0.25) is 0 Å². The lowest BCUT2D eigenvalue weighted by Crippen LogP contribution is -2.14. The molecule has 1 heterocycles. The second-order valence-electron chi connectivity index (χ2n) is 5.20. The Hall–Kier alpha value is -1.10. The smallest absolute Gasteiger partial charge is 0.388 e. The minimum absolute atomic E-state index is 0.0852. The van der Waals surface area contributed by atoms with Gasteiger partial charge < -0.3 is 5.11 Å². The largest absolute Gasteiger partial charge is 0.416 e. The van der Waals surface area contributed by atoms with Crippen LogP contribution < -0.4 is 0 Å². The van der Waals surface area contributed by atoms with Crippen LogP contribution in [0.3, 0.4) is 0 Å². The highest BCUT2D eigenvalue weighted by Gasteiger charge is 2.51. The standard InChI is InChI=1S/C12H14F3NO/c1-11(2)5-9(11)10(17)7-6-16-4-3-8(7)12(13,14)15/h3-4,6,9-10,17H,5H2,1-2H3. The van der Waals surface area contributed by atoms with Crippen molar-refractivity contribution in [2.75, 3.05) is 0 Å². The predicted octanol–water partition coefficient (Wildman–Crippen LogP) is 3.18. The van der Waals surface area contributed by atoms with E-state index < -0.39 is 17.8 Å². The Bertz CT molecular complexity index is 428. The van der Waals surface area contributed by atoms with Crippen molar-refractivity contribution in [1.29, 1.82) is 0 Å². The molecule has 0 aliphatic heterocycles. The van der Waals surface area contributed by atoms with Crippen molar-refractivity contribution in [3.63, 3.8) is 0 Å². The zero-order valence-corrected chi connectivity index (χ0v) is 9.62. The molecule has 94 valence electrons. The highest BCUT2D eigenvalue weighted by atomic mass is 19.4. The molecule has 0 amide bonds. The molecule has 0 radical (unpaired) electrons. The molecule has 2 unspecified atom stereocenters. The number of aliphatic hydroxyl groups is 1. The van der Waals surface area contributed by atoms with Crippen LogP contribution in [0.5, 0.6) is 0 Å². The van der Waals surface area contributed by atoms with E-state index in [9.17, 15) is 18.3 Å². The highest BCUT2D eigenvalue weighted by Crippen LogP contribution is 2.58. The first-order valence-electron chi connectivity index (χ1n) is 5.42. The van der Waals surface area contributed by atoms with E-state index in [0.717, 1.165) is 24.9 Å². The number of pyridine rings is 1. The highest BCUT2D eigenvalue weighted by molar-refractivity contribution is 5.30. The van der Waals surface area contributed by atoms with E-state index in [1.165, 1.54) is 0 Å². The molecule has 2 atom stereocenters. The Morgan fingerprint density at radius 2 is 2.06 bits per heavy atom. The normalized spacial score (nSPS) is 24.5. The summed E-state index contributed by atoms with van der Waals surface area (Å²) < 4.78 is 38.2. The monoisotopic (exact) mass is 245 g/mol. The van der Waals surface area contributed by atoms with E-state index in [-0.39, 0.29) is 16.9 Å². The molecule has 5 heteroatoms. The fourth-order valence-electron chi connectivity index (χ4n) is 2.16. The number of hydrogen-bond acceptors (Lipinski definition) is 2. The van der Waals surface area contributed by atoms with E-state index in [2.05, 4.69) is 4.98 Å². The van der Waals surface area contributed by atoms with Crippen molar-refractivity contribution in [3.8, 4) is 0 Å². The first-order valence-corrected chi connectivity index (χ1v) is 5.42. The molecule has 1 aromatic rings. The molecule has 1 fully saturated rings. The molecule has 0 spiro atoms. The summed E-state index contributed by atoms with van der Waals surface area (Å²) in [4.78, 5) is 3.68. The molecule has 2 rings (SSSR count). The predicted molar refractivity (Wildman–Crippen MR) is 56.1 cm³/mol. The molecule has 1 aromatic heterocycles. The van der Waals surface area contributed by atoms with Gasteiger partial charge in [-0.2, -0.15) is 13.2 Å². The van der Waals surface area contributed by atoms with Gasteiger partial charge in [0.25, 0.3) is 0 Å². The molecular weight excluding hydrogens is 231 g/mol. The maximum Gasteiger partial charge on any atom is 0.416 e. The Morgan fingerprint density at radius 3 is 2.53 bits per heavy atom. The average Bonchev–Trinajstić information content (AvgIpc) is 2.85. The first-order chi connectivity index (χ1) is 7.73. The zero-order valence-electron chi connectivity index (χ0n) is 9.62. The van der Waals surface area contributed by atoms with Crippen LogP contribution >= 0.6 is 0 Å². The number of rotatable bonds is 2. The molecule has 0 bridgehead atoms. The molecular formula is C12H14F3NO. The van der Waals surface area contributed by atoms with Crippen LogP contribution in [-0.2, 0) is 6.18 Å². The van der Waals surface area contributed by atoms with Crippen LogP contribution in [0.15, 0.2) is 18.5 Å². The summed E-state index contributed by atoms with van der Waals surface area (Å²) >= 11 is 0. The Balaban J connectivity index is 2.33. The van der Waals surface area contributed by atoms with Gasteiger partial charge >= 0.3 is 6.18 Å². The van der Waals surface area contributed by atoms with Gasteiger partial charge in [0.05, 0.1) is 11.7 Å². The van der Waals surface area contributed by atoms with E-state index in [1.54, 1.807) is 0 Å². The fraction of sp³-hybridized carbons (Fsp3) is 0.583. The molecule has 0 saturated heterocycles. The summed E-state index contributed by atoms with van der Waals surface area (Å²) in [5.41, 5.74) is -0.990. The SMILES string of the molecule is CC1(C)CC1C(O)c1cnccc1C(F)(F)F. The van der Waals surface area contributed by atoms with Crippen LogP contribution in [-0.4, -0.2) is 10.1 Å². The van der Waals surface area contributed by atoms with Crippen molar-refractivity contribution in [2.45, 2.75) is 32.5 Å². The maximum absolute atomic E-state index is 12.7. The summed E-state index contributed by atoms with van der Waals surface area (Å²) in [6, 6.07) is 0.911. The summed E-state index contributed by atoms with van der Waals surface area (Å²) in [7, 11) is 0. The molecule has 1 saturated carbocycles. The van der Waals surface area contributed by atoms with Gasteiger partial charge in [0.1, 0.15) is 0 Å². The minimum atomic E-state index is -4.45. The molecule has 17 heavy (non-hydrogen) atoms. The Kier molecular flexibility index (Phi) is 2.69. The third-order valence-electron chi connectivity index (χ3n) is 3.45. The van der Waals surface area contributed by atoms with Crippen molar-refractivity contribution in [1.82, 2.24) is 4.98 Å². The third-order valence-corrected chi connectivity index (χ3v) is 3.45. The van der Waals surface area contributed by atoms with Crippen LogP contribution in [0.4, 0.5) is 13.2 Å². The van der Waals surface area contributed by atoms with Crippen molar-refractivity contribution in [3.05, 3.63) is 29.6 Å². The zero-order chi connectivity index (χ0) is 12.8. The summed E-state index contributed by atoms with van der Waals surface area (Å²) in [5, 5.41) is 10.0. The van der Waals surface area contributed by atoms with Gasteiger partial charge in [-0.15, -0.1) is 0 Å². The van der Waals surface area contributed by atoms with Gasteiger partial charge in [-0.3, -0.25) is 4.98 Å². The van der Waals surface area contributed by atoms with E-state index in [0.29, 0.717) is 0 Å². The number of nitrogens with zero attached hydrogens (tertiary/aromatic N) is 1. The molecule has 0 aromatic carbocycles. The molecule has 1 aliphatic carbocycles. The number of hydrogen-bond donors (Lipinski definition) is 1. The third kappa shape index (κ3) is 2.29. The minimum Gasteiger partial charge on any atom is -0.388 e. The van der Waals surface area contributed by atoms with Crippen molar-refractivity contribution >= 4 is 0 Å². The Morgan fingerprint density at radius 1 is 1.47 bits per heavy atom. The lowest BCUT2D eigenvalue weighted by atomic mass is 9.97. The number of aromatic nitrogens is 1. The summed E-state index contributed by atoms with van der Waals surface area (Å²) in [6.45, 7) is 3.87. The van der Waals surface area contributed by atoms with Crippen LogP contribution in [0.25, 0.3) is 0 Å². The molecule has 2 nitrogen and oxygen atoms in total. The van der Waals surface area contributed by atoms with Crippen LogP contribution in [0.2, 0.25) is 0 Å². The number of halogens is 3. The number of alkyl halides is 3. The number of aliphatic hydroxyl groups excluding tert-OH is 1. The van der Waals surface area contributed by atoms with Crippen LogP contribution in [0, 0.1) is 11.3 Å².